The van der Waals surface area contributed by atoms with E-state index in [0.29, 0.717) is 29.9 Å². The van der Waals surface area contributed by atoms with Gasteiger partial charge in [-0.2, -0.15) is 5.10 Å². The first-order valence-electron chi connectivity index (χ1n) is 14.0. The lowest BCUT2D eigenvalue weighted by Crippen LogP contribution is -2.39. The SMILES string of the molecule is CC1c2cccc(C(=O)O)c2CCN1C(=O)c1cc2ncc(Br)cn2n1.CCCCCCCCCCN(C)C. The van der Waals surface area contributed by atoms with Gasteiger partial charge < -0.3 is 14.9 Å². The Balaban J connectivity index is 0.000000276. The van der Waals surface area contributed by atoms with E-state index in [0.717, 1.165) is 15.6 Å². The van der Waals surface area contributed by atoms with Crippen molar-refractivity contribution in [1.82, 2.24) is 24.4 Å². The first-order chi connectivity index (χ1) is 18.7. The zero-order valence-electron chi connectivity index (χ0n) is 23.7. The number of aromatic nitrogens is 3. The van der Waals surface area contributed by atoms with Crippen molar-refractivity contribution in [3.05, 3.63) is 63.5 Å². The fraction of sp³-hybridized carbons (Fsp3) is 0.533. The van der Waals surface area contributed by atoms with Gasteiger partial charge in [-0.25, -0.2) is 14.3 Å². The third kappa shape index (κ3) is 8.60. The quantitative estimate of drug-likeness (QED) is 0.248. The Morgan fingerprint density at radius 2 is 1.79 bits per heavy atom. The molecule has 2 aromatic heterocycles. The van der Waals surface area contributed by atoms with Gasteiger partial charge in [-0.3, -0.25) is 4.79 Å². The number of aromatic carboxylic acids is 1. The van der Waals surface area contributed by atoms with Crippen LogP contribution in [0.3, 0.4) is 0 Å². The average Bonchev–Trinajstić information content (AvgIpc) is 3.33. The van der Waals surface area contributed by atoms with Crippen molar-refractivity contribution in [2.24, 2.45) is 0 Å². The third-order valence-electron chi connectivity index (χ3n) is 7.18. The predicted octanol–water partition coefficient (Wildman–Crippen LogP) is 6.64. The van der Waals surface area contributed by atoms with Crippen molar-refractivity contribution in [3.8, 4) is 0 Å². The van der Waals surface area contributed by atoms with E-state index >= 15 is 0 Å². The van der Waals surface area contributed by atoms with E-state index in [4.69, 9.17) is 0 Å². The van der Waals surface area contributed by atoms with Crippen LogP contribution >= 0.6 is 15.9 Å². The first kappa shape index (κ1) is 30.8. The normalized spacial score (nSPS) is 14.7. The van der Waals surface area contributed by atoms with E-state index in [1.165, 1.54) is 57.9 Å². The Morgan fingerprint density at radius 3 is 2.46 bits per heavy atom. The van der Waals surface area contributed by atoms with E-state index in [9.17, 15) is 14.7 Å². The van der Waals surface area contributed by atoms with Gasteiger partial charge in [0.1, 0.15) is 0 Å². The molecule has 0 saturated heterocycles. The molecule has 1 aliphatic heterocycles. The molecular weight excluding hydrogens is 558 g/mol. The fourth-order valence-electron chi connectivity index (χ4n) is 5.01. The smallest absolute Gasteiger partial charge is 0.335 e. The minimum absolute atomic E-state index is 0.189. The summed E-state index contributed by atoms with van der Waals surface area (Å²) >= 11 is 3.33. The molecule has 0 radical (unpaired) electrons. The predicted molar refractivity (Wildman–Crippen MR) is 158 cm³/mol. The van der Waals surface area contributed by atoms with Gasteiger partial charge >= 0.3 is 5.97 Å². The van der Waals surface area contributed by atoms with Gasteiger partial charge in [0.2, 0.25) is 0 Å². The zero-order chi connectivity index (χ0) is 28.4. The molecule has 39 heavy (non-hydrogen) atoms. The minimum atomic E-state index is -0.939. The summed E-state index contributed by atoms with van der Waals surface area (Å²) in [4.78, 5) is 32.7. The van der Waals surface area contributed by atoms with Crippen LogP contribution in [0.1, 0.15) is 103 Å². The molecule has 0 saturated carbocycles. The number of unbranched alkanes of at least 4 members (excludes halogenated alkanes) is 7. The highest BCUT2D eigenvalue weighted by atomic mass is 79.9. The van der Waals surface area contributed by atoms with Crippen LogP contribution in [0.4, 0.5) is 0 Å². The van der Waals surface area contributed by atoms with Gasteiger partial charge in [0, 0.05) is 25.0 Å². The number of amides is 1. The summed E-state index contributed by atoms with van der Waals surface area (Å²) in [5.41, 5.74) is 2.89. The Labute approximate surface area is 240 Å². The van der Waals surface area contributed by atoms with Crippen LogP contribution in [-0.4, -0.2) is 68.6 Å². The van der Waals surface area contributed by atoms with Crippen molar-refractivity contribution in [2.45, 2.75) is 77.7 Å². The molecule has 3 aromatic rings. The van der Waals surface area contributed by atoms with Crippen molar-refractivity contribution in [2.75, 3.05) is 27.2 Å². The molecule has 8 nitrogen and oxygen atoms in total. The number of rotatable bonds is 11. The summed E-state index contributed by atoms with van der Waals surface area (Å²) < 4.78 is 2.33. The van der Waals surface area contributed by atoms with Crippen molar-refractivity contribution in [1.29, 1.82) is 0 Å². The molecule has 1 unspecified atom stereocenters. The topological polar surface area (TPSA) is 91.0 Å². The molecule has 0 spiro atoms. The summed E-state index contributed by atoms with van der Waals surface area (Å²) in [6.07, 6.45) is 15.3. The Bertz CT molecular complexity index is 1240. The number of hydrogen-bond donors (Lipinski definition) is 1. The number of fused-ring (bicyclic) bond motifs is 2. The van der Waals surface area contributed by atoms with E-state index in [1.54, 1.807) is 40.0 Å². The fourth-order valence-corrected chi connectivity index (χ4v) is 5.31. The number of carboxylic acid groups (broad SMARTS) is 1. The average molecular weight is 601 g/mol. The van der Waals surface area contributed by atoms with Crippen LogP contribution in [0.25, 0.3) is 5.65 Å². The summed E-state index contributed by atoms with van der Waals surface area (Å²) in [5.74, 6) is -1.13. The lowest BCUT2D eigenvalue weighted by molar-refractivity contribution is 0.0668. The minimum Gasteiger partial charge on any atom is -0.478 e. The van der Waals surface area contributed by atoms with Gasteiger partial charge in [-0.1, -0.05) is 64.0 Å². The van der Waals surface area contributed by atoms with Crippen LogP contribution in [0.2, 0.25) is 0 Å². The number of carbonyl (C=O) groups is 2. The number of halogens is 1. The van der Waals surface area contributed by atoms with Crippen LogP contribution in [0, 0.1) is 0 Å². The highest BCUT2D eigenvalue weighted by Gasteiger charge is 2.31. The van der Waals surface area contributed by atoms with Crippen molar-refractivity contribution < 1.29 is 14.7 Å². The maximum atomic E-state index is 13.0. The standard InChI is InChI=1S/C18H15BrN4O3.C12H27N/c1-10-12-3-2-4-14(18(25)26)13(12)5-6-22(10)17(24)15-7-16-20-8-11(19)9-23(16)21-15;1-4-5-6-7-8-9-10-11-12-13(2)3/h2-4,7-10H,5-6H2,1H3,(H,25,26);4-12H2,1-3H3. The van der Waals surface area contributed by atoms with Gasteiger partial charge in [-0.05, 0) is 73.5 Å². The number of nitrogens with zero attached hydrogens (tertiary/aromatic N) is 5. The maximum absolute atomic E-state index is 13.0. The second-order valence-corrected chi connectivity index (χ2v) is 11.4. The van der Waals surface area contributed by atoms with Gasteiger partial charge in [0.25, 0.3) is 5.91 Å². The Morgan fingerprint density at radius 1 is 1.10 bits per heavy atom. The summed E-state index contributed by atoms with van der Waals surface area (Å²) in [6.45, 7) is 5.89. The van der Waals surface area contributed by atoms with Gasteiger partial charge in [0.15, 0.2) is 11.3 Å². The number of carbonyl (C=O) groups excluding carboxylic acids is 1. The number of benzene rings is 1. The molecular formula is C30H42BrN5O3. The van der Waals surface area contributed by atoms with Crippen LogP contribution in [-0.2, 0) is 6.42 Å². The van der Waals surface area contributed by atoms with Crippen molar-refractivity contribution >= 4 is 33.5 Å². The van der Waals surface area contributed by atoms with Gasteiger partial charge in [-0.15, -0.1) is 0 Å². The molecule has 4 rings (SSSR count). The highest BCUT2D eigenvalue weighted by molar-refractivity contribution is 9.10. The highest BCUT2D eigenvalue weighted by Crippen LogP contribution is 2.32. The third-order valence-corrected chi connectivity index (χ3v) is 7.59. The molecule has 3 heterocycles. The lowest BCUT2D eigenvalue weighted by Gasteiger charge is -2.35. The van der Waals surface area contributed by atoms with Gasteiger partial charge in [0.05, 0.1) is 16.1 Å². The summed E-state index contributed by atoms with van der Waals surface area (Å²) in [7, 11) is 4.31. The second-order valence-electron chi connectivity index (χ2n) is 10.5. The molecule has 1 amide bonds. The maximum Gasteiger partial charge on any atom is 0.335 e. The number of hydrogen-bond acceptors (Lipinski definition) is 5. The summed E-state index contributed by atoms with van der Waals surface area (Å²) in [5, 5.41) is 13.7. The van der Waals surface area contributed by atoms with E-state index in [2.05, 4.69) is 51.9 Å². The van der Waals surface area contributed by atoms with E-state index in [-0.39, 0.29) is 11.9 Å². The molecule has 0 fully saturated rings. The second kappa shape index (κ2) is 15.1. The molecule has 0 aliphatic carbocycles. The molecule has 0 bridgehead atoms. The monoisotopic (exact) mass is 599 g/mol. The Hall–Kier alpha value is -2.78. The first-order valence-corrected chi connectivity index (χ1v) is 14.8. The number of carboxylic acids is 1. The lowest BCUT2D eigenvalue weighted by atomic mass is 9.89. The molecule has 1 atom stereocenters. The van der Waals surface area contributed by atoms with Crippen LogP contribution in [0.15, 0.2) is 41.1 Å². The van der Waals surface area contributed by atoms with E-state index < -0.39 is 5.97 Å². The van der Waals surface area contributed by atoms with Crippen molar-refractivity contribution in [3.63, 3.8) is 0 Å². The Kier molecular flexibility index (Phi) is 11.9. The molecule has 9 heteroatoms. The molecule has 1 aliphatic rings. The largest absolute Gasteiger partial charge is 0.478 e. The summed E-state index contributed by atoms with van der Waals surface area (Å²) in [6, 6.07) is 6.64. The zero-order valence-corrected chi connectivity index (χ0v) is 25.3. The van der Waals surface area contributed by atoms with Crippen LogP contribution in [0.5, 0.6) is 0 Å². The molecule has 1 aromatic carbocycles. The van der Waals surface area contributed by atoms with Crippen LogP contribution < -0.4 is 0 Å². The molecule has 1 N–H and O–H groups in total. The molecule has 212 valence electrons. The van der Waals surface area contributed by atoms with E-state index in [1.807, 2.05) is 13.0 Å².